The van der Waals surface area contributed by atoms with Crippen LogP contribution in [0, 0.1) is 13.8 Å². The minimum Gasteiger partial charge on any atom is -0.495 e. The Balaban J connectivity index is 1.92. The molecule has 0 aromatic heterocycles. The molecule has 9 heteroatoms. The van der Waals surface area contributed by atoms with Gasteiger partial charge in [0, 0.05) is 30.9 Å². The Kier molecular flexibility index (Phi) is 7.26. The molecule has 0 bridgehead atoms. The summed E-state index contributed by atoms with van der Waals surface area (Å²) in [7, 11) is 0.598. The van der Waals surface area contributed by atoms with Gasteiger partial charge in [0.2, 0.25) is 0 Å². The van der Waals surface area contributed by atoms with E-state index in [1.54, 1.807) is 38.4 Å². The summed E-state index contributed by atoms with van der Waals surface area (Å²) in [5.41, 5.74) is 2.94. The van der Waals surface area contributed by atoms with Gasteiger partial charge in [0.15, 0.2) is 0 Å². The molecule has 0 aliphatic carbocycles. The fraction of sp³-hybridized carbons (Fsp3) is 0.200. The molecule has 2 amide bonds. The van der Waals surface area contributed by atoms with Crippen molar-refractivity contribution in [3.05, 3.63) is 82.9 Å². The van der Waals surface area contributed by atoms with Gasteiger partial charge in [-0.15, -0.1) is 0 Å². The maximum atomic E-state index is 13.2. The van der Waals surface area contributed by atoms with Gasteiger partial charge in [-0.3, -0.25) is 14.3 Å². The second-order valence-electron chi connectivity index (χ2n) is 7.97. The fourth-order valence-electron chi connectivity index (χ4n) is 3.38. The topological polar surface area (TPSA) is 105 Å². The van der Waals surface area contributed by atoms with E-state index in [-0.39, 0.29) is 27.8 Å². The normalized spacial score (nSPS) is 11.0. The van der Waals surface area contributed by atoms with Crippen LogP contribution in [-0.4, -0.2) is 46.3 Å². The van der Waals surface area contributed by atoms with Crippen molar-refractivity contribution in [3.8, 4) is 5.75 Å². The summed E-state index contributed by atoms with van der Waals surface area (Å²) in [5, 5.41) is 2.69. The first-order chi connectivity index (χ1) is 16.0. The first kappa shape index (κ1) is 24.8. The average molecular weight is 482 g/mol. The molecular weight excluding hydrogens is 454 g/mol. The predicted molar refractivity (Wildman–Crippen MR) is 132 cm³/mol. The Bertz CT molecular complexity index is 1330. The van der Waals surface area contributed by atoms with E-state index in [0.717, 1.165) is 11.1 Å². The van der Waals surface area contributed by atoms with Crippen LogP contribution < -0.4 is 14.8 Å². The summed E-state index contributed by atoms with van der Waals surface area (Å²) in [6.45, 7) is 3.63. The smallest absolute Gasteiger partial charge is 0.265 e. The van der Waals surface area contributed by atoms with Crippen LogP contribution in [0.25, 0.3) is 0 Å². The number of benzene rings is 3. The number of ether oxygens (including phenoxy) is 1. The second kappa shape index (κ2) is 9.96. The largest absolute Gasteiger partial charge is 0.495 e. The fourth-order valence-corrected chi connectivity index (χ4v) is 4.78. The lowest BCUT2D eigenvalue weighted by Crippen LogP contribution is -2.22. The molecule has 0 unspecified atom stereocenters. The standard InChI is InChI=1S/C25H27N3O5S/c1-16-8-6-9-17(2)23(16)27-34(31,32)22-15-20(12-13-21(22)33-5)26-24(29)18-10-7-11-19(14-18)25(30)28(3)4/h6-15,27H,1-5H3,(H,26,29). The lowest BCUT2D eigenvalue weighted by Gasteiger charge is -2.16. The van der Waals surface area contributed by atoms with Crippen molar-refractivity contribution in [3.63, 3.8) is 0 Å². The summed E-state index contributed by atoms with van der Waals surface area (Å²) in [4.78, 5) is 26.3. The zero-order valence-corrected chi connectivity index (χ0v) is 20.5. The maximum Gasteiger partial charge on any atom is 0.265 e. The van der Waals surface area contributed by atoms with Crippen molar-refractivity contribution in [1.82, 2.24) is 4.90 Å². The van der Waals surface area contributed by atoms with Crippen LogP contribution in [0.1, 0.15) is 31.8 Å². The molecule has 0 heterocycles. The van der Waals surface area contributed by atoms with E-state index in [9.17, 15) is 18.0 Å². The first-order valence-corrected chi connectivity index (χ1v) is 11.9. The summed E-state index contributed by atoms with van der Waals surface area (Å²) in [6.07, 6.45) is 0. The molecule has 3 aromatic rings. The van der Waals surface area contributed by atoms with Gasteiger partial charge in [0.25, 0.3) is 21.8 Å². The van der Waals surface area contributed by atoms with Crippen LogP contribution in [-0.2, 0) is 10.0 Å². The highest BCUT2D eigenvalue weighted by Gasteiger charge is 2.22. The molecule has 8 nitrogen and oxygen atoms in total. The Hall–Kier alpha value is -3.85. The van der Waals surface area contributed by atoms with Crippen LogP contribution in [0.2, 0.25) is 0 Å². The van der Waals surface area contributed by atoms with Crippen molar-refractivity contribution in [2.75, 3.05) is 31.2 Å². The number of hydrogen-bond acceptors (Lipinski definition) is 5. The molecule has 2 N–H and O–H groups in total. The molecule has 0 saturated carbocycles. The van der Waals surface area contributed by atoms with E-state index >= 15 is 0 Å². The predicted octanol–water partition coefficient (Wildman–Crippen LogP) is 4.07. The first-order valence-electron chi connectivity index (χ1n) is 10.4. The lowest BCUT2D eigenvalue weighted by molar-refractivity contribution is 0.0827. The molecule has 3 rings (SSSR count). The number of aryl methyl sites for hydroxylation is 2. The minimum absolute atomic E-state index is 0.119. The SMILES string of the molecule is COc1ccc(NC(=O)c2cccc(C(=O)N(C)C)c2)cc1S(=O)(=O)Nc1c(C)cccc1C. The van der Waals surface area contributed by atoms with Crippen molar-refractivity contribution in [2.45, 2.75) is 18.7 Å². The highest BCUT2D eigenvalue weighted by molar-refractivity contribution is 7.92. The molecule has 0 aliphatic rings. The third kappa shape index (κ3) is 5.37. The van der Waals surface area contributed by atoms with E-state index in [1.165, 1.54) is 30.2 Å². The Morgan fingerprint density at radius 1 is 0.882 bits per heavy atom. The summed E-state index contributed by atoms with van der Waals surface area (Å²) < 4.78 is 34.4. The average Bonchev–Trinajstić information content (AvgIpc) is 2.81. The van der Waals surface area contributed by atoms with Crippen molar-refractivity contribution in [1.29, 1.82) is 0 Å². The van der Waals surface area contributed by atoms with E-state index in [1.807, 2.05) is 32.0 Å². The number of carbonyl (C=O) groups excluding carboxylic acids is 2. The van der Waals surface area contributed by atoms with Gasteiger partial charge in [-0.25, -0.2) is 8.42 Å². The van der Waals surface area contributed by atoms with Gasteiger partial charge in [0.05, 0.1) is 12.8 Å². The summed E-state index contributed by atoms with van der Waals surface area (Å²) in [5.74, 6) is -0.579. The molecule has 3 aromatic carbocycles. The number of anilines is 2. The zero-order chi connectivity index (χ0) is 25.0. The Morgan fingerprint density at radius 3 is 2.12 bits per heavy atom. The van der Waals surface area contributed by atoms with Crippen molar-refractivity contribution < 1.29 is 22.7 Å². The van der Waals surface area contributed by atoms with E-state index in [4.69, 9.17) is 4.74 Å². The summed E-state index contributed by atoms with van der Waals surface area (Å²) >= 11 is 0. The van der Waals surface area contributed by atoms with Crippen LogP contribution >= 0.6 is 0 Å². The highest BCUT2D eigenvalue weighted by atomic mass is 32.2. The van der Waals surface area contributed by atoms with Gasteiger partial charge < -0.3 is 15.0 Å². The van der Waals surface area contributed by atoms with Crippen molar-refractivity contribution in [2.24, 2.45) is 0 Å². The number of para-hydroxylation sites is 1. The van der Waals surface area contributed by atoms with Gasteiger partial charge in [-0.05, 0) is 61.4 Å². The van der Waals surface area contributed by atoms with Crippen LogP contribution in [0.15, 0.2) is 65.6 Å². The molecular formula is C25H27N3O5S. The monoisotopic (exact) mass is 481 g/mol. The van der Waals surface area contributed by atoms with Gasteiger partial charge >= 0.3 is 0 Å². The summed E-state index contributed by atoms with van der Waals surface area (Å²) in [6, 6.07) is 16.1. The van der Waals surface area contributed by atoms with E-state index < -0.39 is 15.9 Å². The number of nitrogens with one attached hydrogen (secondary N) is 2. The third-order valence-electron chi connectivity index (χ3n) is 5.21. The molecule has 0 saturated heterocycles. The van der Waals surface area contributed by atoms with Gasteiger partial charge in [-0.1, -0.05) is 24.3 Å². The van der Waals surface area contributed by atoms with E-state index in [2.05, 4.69) is 10.0 Å². The number of rotatable bonds is 7. The number of carbonyl (C=O) groups is 2. The zero-order valence-electron chi connectivity index (χ0n) is 19.7. The quantitative estimate of drug-likeness (QED) is 0.529. The lowest BCUT2D eigenvalue weighted by atomic mass is 10.1. The highest BCUT2D eigenvalue weighted by Crippen LogP contribution is 2.31. The van der Waals surface area contributed by atoms with Crippen LogP contribution in [0.5, 0.6) is 5.75 Å². The Morgan fingerprint density at radius 2 is 1.50 bits per heavy atom. The molecule has 0 atom stereocenters. The van der Waals surface area contributed by atoms with E-state index in [0.29, 0.717) is 11.3 Å². The number of amides is 2. The minimum atomic E-state index is -4.03. The number of methoxy groups -OCH3 is 1. The number of sulfonamides is 1. The number of nitrogens with zero attached hydrogens (tertiary/aromatic N) is 1. The molecule has 0 fully saturated rings. The molecule has 178 valence electrons. The molecule has 0 spiro atoms. The van der Waals surface area contributed by atoms with Gasteiger partial charge in [-0.2, -0.15) is 0 Å². The third-order valence-corrected chi connectivity index (χ3v) is 6.58. The molecule has 34 heavy (non-hydrogen) atoms. The maximum absolute atomic E-state index is 13.2. The number of hydrogen-bond donors (Lipinski definition) is 2. The van der Waals surface area contributed by atoms with Gasteiger partial charge in [0.1, 0.15) is 10.6 Å². The molecule has 0 aliphatic heterocycles. The second-order valence-corrected chi connectivity index (χ2v) is 9.62. The van der Waals surface area contributed by atoms with Crippen LogP contribution in [0.3, 0.4) is 0 Å². The van der Waals surface area contributed by atoms with Crippen molar-refractivity contribution >= 4 is 33.2 Å². The Labute approximate surface area is 199 Å². The van der Waals surface area contributed by atoms with Crippen LogP contribution in [0.4, 0.5) is 11.4 Å². The molecule has 0 radical (unpaired) electrons.